The molecule has 0 saturated heterocycles. The fraction of sp³-hybridized carbons (Fsp3) is 0.158. The zero-order chi connectivity index (χ0) is 18.7. The van der Waals surface area contributed by atoms with Crippen LogP contribution in [-0.4, -0.2) is 31.3 Å². The van der Waals surface area contributed by atoms with E-state index < -0.39 is 0 Å². The van der Waals surface area contributed by atoms with Crippen molar-refractivity contribution < 1.29 is 14.2 Å². The molecule has 0 unspecified atom stereocenters. The number of hydrogen-bond donors (Lipinski definition) is 2. The molecule has 0 aliphatic carbocycles. The van der Waals surface area contributed by atoms with Gasteiger partial charge in [-0.1, -0.05) is 18.2 Å². The minimum Gasteiger partial charge on any atom is -0.493 e. The smallest absolute Gasteiger partial charge is 0.222 e. The van der Waals surface area contributed by atoms with Gasteiger partial charge in [0, 0.05) is 5.39 Å². The summed E-state index contributed by atoms with van der Waals surface area (Å²) in [7, 11) is 4.75. The lowest BCUT2D eigenvalue weighted by Crippen LogP contribution is -2.00. The number of nitrogens with zero attached hydrogens (tertiary/aromatic N) is 2. The Morgan fingerprint density at radius 3 is 2.08 bits per heavy atom. The summed E-state index contributed by atoms with van der Waals surface area (Å²) in [6, 6.07) is 9.45. The molecule has 0 spiro atoms. The molecule has 2 aromatic carbocycles. The van der Waals surface area contributed by atoms with Gasteiger partial charge >= 0.3 is 0 Å². The average molecular weight is 352 g/mol. The third-order valence-corrected chi connectivity index (χ3v) is 3.92. The third-order valence-electron chi connectivity index (χ3n) is 3.92. The Hall–Kier alpha value is -3.48. The van der Waals surface area contributed by atoms with Crippen molar-refractivity contribution >= 4 is 34.8 Å². The minimum absolute atomic E-state index is 0.163. The number of aromatic nitrogens is 2. The van der Waals surface area contributed by atoms with Gasteiger partial charge in [-0.2, -0.15) is 4.98 Å². The minimum atomic E-state index is 0.163. The van der Waals surface area contributed by atoms with Gasteiger partial charge in [0.1, 0.15) is 5.82 Å². The molecule has 0 amide bonds. The highest BCUT2D eigenvalue weighted by Gasteiger charge is 2.12. The zero-order valence-corrected chi connectivity index (χ0v) is 14.8. The quantitative estimate of drug-likeness (QED) is 0.680. The highest BCUT2D eigenvalue weighted by molar-refractivity contribution is 5.91. The Morgan fingerprint density at radius 2 is 1.46 bits per heavy atom. The molecule has 7 nitrogen and oxygen atoms in total. The van der Waals surface area contributed by atoms with E-state index in [2.05, 4.69) is 9.97 Å². The topological polar surface area (TPSA) is 106 Å². The van der Waals surface area contributed by atoms with Gasteiger partial charge in [-0.3, -0.25) is 0 Å². The second-order valence-electron chi connectivity index (χ2n) is 5.54. The van der Waals surface area contributed by atoms with Crippen molar-refractivity contribution in [2.24, 2.45) is 0 Å². The summed E-state index contributed by atoms with van der Waals surface area (Å²) in [5, 5.41) is 0.756. The number of fused-ring (bicyclic) bond motifs is 1. The SMILES string of the molecule is COc1cc(/C=C\c2ccc3nc(N)nc(N)c3c2)cc(OC)c1OC. The van der Waals surface area contributed by atoms with Crippen LogP contribution in [0.5, 0.6) is 17.2 Å². The third kappa shape index (κ3) is 3.32. The van der Waals surface area contributed by atoms with Gasteiger partial charge in [0.2, 0.25) is 11.7 Å². The van der Waals surface area contributed by atoms with Crippen LogP contribution in [0.1, 0.15) is 11.1 Å². The first-order valence-corrected chi connectivity index (χ1v) is 7.86. The lowest BCUT2D eigenvalue weighted by Gasteiger charge is -2.12. The summed E-state index contributed by atoms with van der Waals surface area (Å²) >= 11 is 0. The predicted molar refractivity (Wildman–Crippen MR) is 103 cm³/mol. The lowest BCUT2D eigenvalue weighted by molar-refractivity contribution is 0.324. The summed E-state index contributed by atoms with van der Waals surface area (Å²) in [5.74, 6) is 2.27. The van der Waals surface area contributed by atoms with Crippen molar-refractivity contribution in [2.75, 3.05) is 32.8 Å². The van der Waals surface area contributed by atoms with Crippen LogP contribution < -0.4 is 25.7 Å². The first-order chi connectivity index (χ1) is 12.5. The van der Waals surface area contributed by atoms with Crippen LogP contribution in [0.25, 0.3) is 23.1 Å². The summed E-state index contributed by atoms with van der Waals surface area (Å²) in [4.78, 5) is 8.17. The summed E-state index contributed by atoms with van der Waals surface area (Å²) in [6.45, 7) is 0. The van der Waals surface area contributed by atoms with Crippen LogP contribution in [0.3, 0.4) is 0 Å². The molecule has 1 heterocycles. The zero-order valence-electron chi connectivity index (χ0n) is 14.8. The van der Waals surface area contributed by atoms with E-state index in [9.17, 15) is 0 Å². The number of rotatable bonds is 5. The highest BCUT2D eigenvalue weighted by atomic mass is 16.5. The van der Waals surface area contributed by atoms with E-state index in [1.165, 1.54) is 0 Å². The van der Waals surface area contributed by atoms with Crippen molar-refractivity contribution in [1.82, 2.24) is 9.97 Å². The summed E-state index contributed by atoms with van der Waals surface area (Å²) in [5.41, 5.74) is 14.1. The van der Waals surface area contributed by atoms with Crippen molar-refractivity contribution in [1.29, 1.82) is 0 Å². The van der Waals surface area contributed by atoms with Gasteiger partial charge in [0.25, 0.3) is 0 Å². The summed E-state index contributed by atoms with van der Waals surface area (Å²) < 4.78 is 16.1. The van der Waals surface area contributed by atoms with Crippen LogP contribution >= 0.6 is 0 Å². The number of anilines is 2. The maximum absolute atomic E-state index is 5.94. The molecule has 4 N–H and O–H groups in total. The number of benzene rings is 2. The second kappa shape index (κ2) is 7.18. The number of ether oxygens (including phenoxy) is 3. The van der Waals surface area contributed by atoms with Crippen molar-refractivity contribution in [3.8, 4) is 17.2 Å². The van der Waals surface area contributed by atoms with E-state index in [1.54, 1.807) is 21.3 Å². The fourth-order valence-corrected chi connectivity index (χ4v) is 2.68. The Bertz CT molecular complexity index is 961. The van der Waals surface area contributed by atoms with Gasteiger partial charge in [-0.15, -0.1) is 0 Å². The number of hydrogen-bond acceptors (Lipinski definition) is 7. The van der Waals surface area contributed by atoms with E-state index in [-0.39, 0.29) is 5.95 Å². The first-order valence-electron chi connectivity index (χ1n) is 7.86. The van der Waals surface area contributed by atoms with E-state index in [1.807, 2.05) is 42.5 Å². The van der Waals surface area contributed by atoms with Crippen molar-refractivity contribution in [3.63, 3.8) is 0 Å². The molecule has 0 aliphatic heterocycles. The van der Waals surface area contributed by atoms with Crippen molar-refractivity contribution in [2.45, 2.75) is 0 Å². The standard InChI is InChI=1S/C19H20N4O3/c1-24-15-9-12(10-16(25-2)17(15)26-3)5-4-11-6-7-14-13(8-11)18(20)23-19(21)22-14/h4-10H,1-3H3,(H4,20,21,22,23)/b5-4-. The molecule has 1 aromatic heterocycles. The summed E-state index contributed by atoms with van der Waals surface area (Å²) in [6.07, 6.45) is 3.90. The lowest BCUT2D eigenvalue weighted by atomic mass is 10.1. The Kier molecular flexibility index (Phi) is 4.79. The van der Waals surface area contributed by atoms with Crippen LogP contribution in [0.4, 0.5) is 11.8 Å². The van der Waals surface area contributed by atoms with E-state index >= 15 is 0 Å². The van der Waals surface area contributed by atoms with Gasteiger partial charge in [-0.05, 0) is 35.4 Å². The molecule has 3 aromatic rings. The van der Waals surface area contributed by atoms with Crippen LogP contribution in [0, 0.1) is 0 Å². The number of nitrogens with two attached hydrogens (primary N) is 2. The fourth-order valence-electron chi connectivity index (χ4n) is 2.68. The van der Waals surface area contributed by atoms with Crippen LogP contribution in [0.2, 0.25) is 0 Å². The normalized spacial score (nSPS) is 11.0. The van der Waals surface area contributed by atoms with Gasteiger partial charge in [0.15, 0.2) is 11.5 Å². The molecule has 134 valence electrons. The molecule has 0 bridgehead atoms. The predicted octanol–water partition coefficient (Wildman–Crippen LogP) is 2.99. The van der Waals surface area contributed by atoms with Crippen molar-refractivity contribution in [3.05, 3.63) is 41.5 Å². The maximum atomic E-state index is 5.94. The highest BCUT2D eigenvalue weighted by Crippen LogP contribution is 2.38. The Morgan fingerprint density at radius 1 is 0.808 bits per heavy atom. The maximum Gasteiger partial charge on any atom is 0.222 e. The molecule has 0 aliphatic rings. The Balaban J connectivity index is 1.98. The number of nitrogen functional groups attached to an aromatic ring is 2. The molecule has 0 saturated carbocycles. The first kappa shape index (κ1) is 17.3. The molecule has 26 heavy (non-hydrogen) atoms. The second-order valence-corrected chi connectivity index (χ2v) is 5.54. The Labute approximate surface area is 151 Å². The monoisotopic (exact) mass is 352 g/mol. The molecule has 3 rings (SSSR count). The molecule has 0 atom stereocenters. The molecule has 0 radical (unpaired) electrons. The van der Waals surface area contributed by atoms with E-state index in [0.29, 0.717) is 28.6 Å². The molecular formula is C19H20N4O3. The van der Waals surface area contributed by atoms with Gasteiger partial charge in [0.05, 0.1) is 26.8 Å². The molecule has 0 fully saturated rings. The van der Waals surface area contributed by atoms with E-state index in [4.69, 9.17) is 25.7 Å². The van der Waals surface area contributed by atoms with E-state index in [0.717, 1.165) is 16.5 Å². The van der Waals surface area contributed by atoms with Crippen LogP contribution in [-0.2, 0) is 0 Å². The molecular weight excluding hydrogens is 332 g/mol. The number of methoxy groups -OCH3 is 3. The largest absolute Gasteiger partial charge is 0.493 e. The average Bonchev–Trinajstić information content (AvgIpc) is 2.65. The van der Waals surface area contributed by atoms with Crippen LogP contribution in [0.15, 0.2) is 30.3 Å². The van der Waals surface area contributed by atoms with Gasteiger partial charge < -0.3 is 25.7 Å². The van der Waals surface area contributed by atoms with Gasteiger partial charge in [-0.25, -0.2) is 4.98 Å². The molecule has 7 heteroatoms.